The molecule has 0 aliphatic heterocycles. The van der Waals surface area contributed by atoms with Gasteiger partial charge in [0.25, 0.3) is 0 Å². The van der Waals surface area contributed by atoms with Crippen LogP contribution in [0.25, 0.3) is 11.1 Å². The zero-order valence-electron chi connectivity index (χ0n) is 15.8. The molecule has 2 rings (SSSR count). The number of methoxy groups -OCH3 is 1. The Morgan fingerprint density at radius 2 is 1.64 bits per heavy atom. The second kappa shape index (κ2) is 9.50. The van der Waals surface area contributed by atoms with Crippen LogP contribution in [0.5, 0.6) is 11.5 Å². The summed E-state index contributed by atoms with van der Waals surface area (Å²) in [4.78, 5) is 23.3. The van der Waals surface area contributed by atoms with E-state index in [4.69, 9.17) is 14.2 Å². The van der Waals surface area contributed by atoms with Gasteiger partial charge in [-0.25, -0.2) is 14.0 Å². The monoisotopic (exact) mass is 384 g/mol. The Kier molecular flexibility index (Phi) is 7.09. The van der Waals surface area contributed by atoms with Crippen molar-refractivity contribution in [1.29, 1.82) is 0 Å². The van der Waals surface area contributed by atoms with E-state index in [0.717, 1.165) is 5.56 Å². The summed E-state index contributed by atoms with van der Waals surface area (Å²) in [6.07, 6.45) is 0.154. The summed E-state index contributed by atoms with van der Waals surface area (Å²) >= 11 is 0. The van der Waals surface area contributed by atoms with Crippen LogP contribution in [0.2, 0.25) is 0 Å². The zero-order chi connectivity index (χ0) is 20.7. The van der Waals surface area contributed by atoms with Crippen LogP contribution in [-0.4, -0.2) is 25.7 Å². The highest BCUT2D eigenvalue weighted by molar-refractivity contribution is 5.90. The van der Waals surface area contributed by atoms with Gasteiger partial charge in [-0.15, -0.1) is 0 Å². The number of ether oxygens (including phenoxy) is 3. The number of hydrogen-bond donors (Lipinski definition) is 0. The largest absolute Gasteiger partial charge is 0.494 e. The Labute approximate surface area is 163 Å². The number of rotatable bonds is 8. The minimum absolute atomic E-state index is 0.0155. The molecule has 5 nitrogen and oxygen atoms in total. The van der Waals surface area contributed by atoms with Gasteiger partial charge in [-0.1, -0.05) is 31.4 Å². The topological polar surface area (TPSA) is 61.8 Å². The molecule has 0 atom stereocenters. The molecule has 2 aromatic rings. The first-order valence-corrected chi connectivity index (χ1v) is 8.48. The fourth-order valence-corrected chi connectivity index (χ4v) is 2.23. The number of esters is 2. The van der Waals surface area contributed by atoms with Crippen LogP contribution in [0.15, 0.2) is 66.8 Å². The summed E-state index contributed by atoms with van der Waals surface area (Å²) in [5, 5.41) is 0. The summed E-state index contributed by atoms with van der Waals surface area (Å²) < 4.78 is 28.9. The van der Waals surface area contributed by atoms with Crippen molar-refractivity contribution in [2.24, 2.45) is 0 Å². The van der Waals surface area contributed by atoms with Gasteiger partial charge in [0.2, 0.25) is 0 Å². The van der Waals surface area contributed by atoms with E-state index in [1.54, 1.807) is 36.4 Å². The molecule has 0 aromatic heterocycles. The third-order valence-corrected chi connectivity index (χ3v) is 3.82. The quantitative estimate of drug-likeness (QED) is 0.382. The molecule has 0 aliphatic carbocycles. The molecule has 0 bridgehead atoms. The average molecular weight is 384 g/mol. The van der Waals surface area contributed by atoms with Crippen molar-refractivity contribution < 1.29 is 28.2 Å². The molecule has 0 heterocycles. The predicted molar refractivity (Wildman–Crippen MR) is 104 cm³/mol. The van der Waals surface area contributed by atoms with E-state index >= 15 is 0 Å². The SMILES string of the molecule is C=C(C)C(=O)OCCC(=C)C(=O)Oc1ccc(-c2ccc(OC)c(F)c2)cc1. The molecule has 0 saturated heterocycles. The molecule has 2 aromatic carbocycles. The molecule has 0 unspecified atom stereocenters. The van der Waals surface area contributed by atoms with E-state index in [0.29, 0.717) is 11.3 Å². The summed E-state index contributed by atoms with van der Waals surface area (Å²) in [5.74, 6) is -1.11. The van der Waals surface area contributed by atoms with Gasteiger partial charge in [-0.3, -0.25) is 0 Å². The fraction of sp³-hybridized carbons (Fsp3) is 0.182. The number of carbonyl (C=O) groups is 2. The van der Waals surface area contributed by atoms with Crippen LogP contribution in [0.1, 0.15) is 13.3 Å². The molecule has 6 heteroatoms. The maximum atomic E-state index is 13.8. The van der Waals surface area contributed by atoms with Gasteiger partial charge in [0.05, 0.1) is 13.7 Å². The lowest BCUT2D eigenvalue weighted by Gasteiger charge is -2.09. The molecular weight excluding hydrogens is 363 g/mol. The number of benzene rings is 2. The summed E-state index contributed by atoms with van der Waals surface area (Å²) in [5.41, 5.74) is 1.88. The third kappa shape index (κ3) is 5.54. The van der Waals surface area contributed by atoms with E-state index in [9.17, 15) is 14.0 Å². The lowest BCUT2D eigenvalue weighted by molar-refractivity contribution is -0.139. The van der Waals surface area contributed by atoms with E-state index in [1.165, 1.54) is 20.1 Å². The Balaban J connectivity index is 1.93. The van der Waals surface area contributed by atoms with Crippen molar-refractivity contribution in [1.82, 2.24) is 0 Å². The van der Waals surface area contributed by atoms with Gasteiger partial charge >= 0.3 is 11.9 Å². The lowest BCUT2D eigenvalue weighted by Crippen LogP contribution is -2.13. The Morgan fingerprint density at radius 1 is 1.00 bits per heavy atom. The van der Waals surface area contributed by atoms with Crippen molar-refractivity contribution in [3.63, 3.8) is 0 Å². The van der Waals surface area contributed by atoms with E-state index in [2.05, 4.69) is 13.2 Å². The molecular formula is C22H21FO5. The summed E-state index contributed by atoms with van der Waals surface area (Å²) in [6, 6.07) is 11.3. The number of halogens is 1. The molecule has 146 valence electrons. The van der Waals surface area contributed by atoms with E-state index in [-0.39, 0.29) is 29.9 Å². The highest BCUT2D eigenvalue weighted by Crippen LogP contribution is 2.27. The Hall–Kier alpha value is -3.41. The standard InChI is InChI=1S/C22H21FO5/c1-14(2)21(24)27-12-11-15(3)22(25)28-18-8-5-16(6-9-18)17-7-10-20(26-4)19(23)13-17/h5-10,13H,1,3,11-12H2,2,4H3. The van der Waals surface area contributed by atoms with Crippen molar-refractivity contribution in [3.8, 4) is 22.6 Å². The minimum atomic E-state index is -0.616. The highest BCUT2D eigenvalue weighted by Gasteiger charge is 2.12. The van der Waals surface area contributed by atoms with Crippen LogP contribution in [0.4, 0.5) is 4.39 Å². The fourth-order valence-electron chi connectivity index (χ4n) is 2.23. The molecule has 0 fully saturated rings. The first-order chi connectivity index (χ1) is 13.3. The van der Waals surface area contributed by atoms with Gasteiger partial charge in [0.15, 0.2) is 11.6 Å². The highest BCUT2D eigenvalue weighted by atomic mass is 19.1. The first-order valence-electron chi connectivity index (χ1n) is 8.48. The Morgan fingerprint density at radius 3 is 2.21 bits per heavy atom. The molecule has 28 heavy (non-hydrogen) atoms. The summed E-state index contributed by atoms with van der Waals surface area (Å²) in [7, 11) is 1.40. The van der Waals surface area contributed by atoms with Gasteiger partial charge in [-0.05, 0) is 42.3 Å². The van der Waals surface area contributed by atoms with Crippen LogP contribution in [0, 0.1) is 5.82 Å². The molecule has 0 saturated carbocycles. The van der Waals surface area contributed by atoms with Gasteiger partial charge in [0.1, 0.15) is 5.75 Å². The van der Waals surface area contributed by atoms with Crippen LogP contribution in [-0.2, 0) is 14.3 Å². The normalized spacial score (nSPS) is 10.1. The van der Waals surface area contributed by atoms with Crippen molar-refractivity contribution in [2.75, 3.05) is 13.7 Å². The molecule has 0 radical (unpaired) electrons. The van der Waals surface area contributed by atoms with Crippen LogP contribution >= 0.6 is 0 Å². The smallest absolute Gasteiger partial charge is 0.338 e. The maximum Gasteiger partial charge on any atom is 0.338 e. The Bertz CT molecular complexity index is 900. The number of hydrogen-bond acceptors (Lipinski definition) is 5. The maximum absolute atomic E-state index is 13.8. The van der Waals surface area contributed by atoms with E-state index in [1.807, 2.05) is 0 Å². The second-order valence-electron chi connectivity index (χ2n) is 6.03. The molecule has 0 N–H and O–H groups in total. The zero-order valence-corrected chi connectivity index (χ0v) is 15.8. The molecule has 0 aliphatic rings. The summed E-state index contributed by atoms with van der Waals surface area (Å²) in [6.45, 7) is 8.66. The van der Waals surface area contributed by atoms with Gasteiger partial charge < -0.3 is 14.2 Å². The lowest BCUT2D eigenvalue weighted by atomic mass is 10.1. The molecule has 0 spiro atoms. The third-order valence-electron chi connectivity index (χ3n) is 3.82. The second-order valence-corrected chi connectivity index (χ2v) is 6.03. The van der Waals surface area contributed by atoms with Gasteiger partial charge in [-0.2, -0.15) is 0 Å². The van der Waals surface area contributed by atoms with Crippen molar-refractivity contribution in [3.05, 3.63) is 72.6 Å². The van der Waals surface area contributed by atoms with Crippen molar-refractivity contribution >= 4 is 11.9 Å². The van der Waals surface area contributed by atoms with Gasteiger partial charge in [0, 0.05) is 17.6 Å². The average Bonchev–Trinajstić information content (AvgIpc) is 2.68. The molecule has 0 amide bonds. The first kappa shape index (κ1) is 20.9. The van der Waals surface area contributed by atoms with Crippen molar-refractivity contribution in [2.45, 2.75) is 13.3 Å². The van der Waals surface area contributed by atoms with E-state index < -0.39 is 17.8 Å². The number of carbonyl (C=O) groups excluding carboxylic acids is 2. The van der Waals surface area contributed by atoms with Crippen LogP contribution in [0.3, 0.4) is 0 Å². The predicted octanol–water partition coefficient (Wildman–Crippen LogP) is 4.47. The minimum Gasteiger partial charge on any atom is -0.494 e. The van der Waals surface area contributed by atoms with Crippen LogP contribution < -0.4 is 9.47 Å².